The van der Waals surface area contributed by atoms with Gasteiger partial charge in [0, 0.05) is 12.6 Å². The third-order valence-corrected chi connectivity index (χ3v) is 5.83. The van der Waals surface area contributed by atoms with Crippen LogP contribution in [0, 0.1) is 24.6 Å². The van der Waals surface area contributed by atoms with Gasteiger partial charge in [-0.15, -0.1) is 0 Å². The smallest absolute Gasteiger partial charge is 0.243 e. The highest BCUT2D eigenvalue weighted by Gasteiger charge is 2.30. The molecule has 3 rings (SSSR count). The van der Waals surface area contributed by atoms with Crippen LogP contribution in [0.5, 0.6) is 0 Å². The van der Waals surface area contributed by atoms with Gasteiger partial charge >= 0.3 is 0 Å². The molecular weight excluding hydrogens is 379 g/mol. The Bertz CT molecular complexity index is 743. The summed E-state index contributed by atoms with van der Waals surface area (Å²) in [5, 5.41) is 10.0. The van der Waals surface area contributed by atoms with Crippen molar-refractivity contribution >= 4 is 24.0 Å². The Hall–Kier alpha value is -2.49. The van der Waals surface area contributed by atoms with E-state index in [1.807, 2.05) is 11.8 Å². The van der Waals surface area contributed by atoms with Gasteiger partial charge in [0.25, 0.3) is 0 Å². The van der Waals surface area contributed by atoms with Crippen molar-refractivity contribution in [1.82, 2.24) is 20.5 Å². The predicted molar refractivity (Wildman–Crippen MR) is 105 cm³/mol. The van der Waals surface area contributed by atoms with Crippen molar-refractivity contribution in [3.05, 3.63) is 11.6 Å². The molecule has 0 aromatic carbocycles. The molecule has 29 heavy (non-hydrogen) atoms. The van der Waals surface area contributed by atoms with Crippen LogP contribution in [0.15, 0.2) is 0 Å². The number of amides is 2. The average Bonchev–Trinajstić information content (AvgIpc) is 3.20. The molecule has 160 valence electrons. The molecule has 1 saturated carbocycles. The first-order valence-electron chi connectivity index (χ1n) is 10.2. The number of aromatic nitrogens is 2. The van der Waals surface area contributed by atoms with Crippen molar-refractivity contribution < 1.29 is 19.2 Å². The van der Waals surface area contributed by atoms with Crippen LogP contribution >= 0.6 is 0 Å². The van der Waals surface area contributed by atoms with E-state index >= 15 is 0 Å². The third-order valence-electron chi connectivity index (χ3n) is 5.83. The molecule has 10 heteroatoms. The summed E-state index contributed by atoms with van der Waals surface area (Å²) in [5.41, 5.74) is 5.06. The van der Waals surface area contributed by atoms with E-state index in [0.29, 0.717) is 23.2 Å². The zero-order chi connectivity index (χ0) is 21.0. The predicted octanol–water partition coefficient (Wildman–Crippen LogP) is 2.01. The van der Waals surface area contributed by atoms with Gasteiger partial charge < -0.3 is 4.90 Å². The molecule has 2 aliphatic rings. The summed E-state index contributed by atoms with van der Waals surface area (Å²) in [7, 11) is 0. The van der Waals surface area contributed by atoms with Gasteiger partial charge in [-0.2, -0.15) is 4.39 Å². The molecule has 1 aliphatic heterocycles. The lowest BCUT2D eigenvalue weighted by Gasteiger charge is -2.39. The highest BCUT2D eigenvalue weighted by Crippen LogP contribution is 2.31. The largest absolute Gasteiger partial charge is 0.351 e. The monoisotopic (exact) mass is 408 g/mol. The highest BCUT2D eigenvalue weighted by molar-refractivity contribution is 5.80. The van der Waals surface area contributed by atoms with E-state index < -0.39 is 17.6 Å². The number of aryl methyl sites for hydroxylation is 1. The van der Waals surface area contributed by atoms with E-state index in [0.717, 1.165) is 38.6 Å². The molecule has 2 amide bonds. The quantitative estimate of drug-likeness (QED) is 0.326. The molecule has 1 aromatic heterocycles. The minimum absolute atomic E-state index is 0.101. The molecule has 0 radical (unpaired) electrons. The molecule has 1 unspecified atom stereocenters. The van der Waals surface area contributed by atoms with Crippen LogP contribution in [0.4, 0.5) is 16.0 Å². The lowest BCUT2D eigenvalue weighted by molar-refractivity contribution is -0.154. The SMILES string of the molecule is Cc1nc(NNC(=O)[C@@H](CC2CCCC2)CN(O)C=O)c(F)c(N2CCC2C)n1. The maximum Gasteiger partial charge on any atom is 0.243 e. The second-order valence-electron chi connectivity index (χ2n) is 8.01. The first-order valence-corrected chi connectivity index (χ1v) is 10.2. The average molecular weight is 408 g/mol. The number of hydrogen-bond donors (Lipinski definition) is 3. The number of hydrazine groups is 1. The lowest BCUT2D eigenvalue weighted by Crippen LogP contribution is -2.47. The van der Waals surface area contributed by atoms with Crippen LogP contribution in [0.3, 0.4) is 0 Å². The molecule has 2 fully saturated rings. The van der Waals surface area contributed by atoms with Crippen LogP contribution in [0.2, 0.25) is 0 Å². The number of anilines is 2. The topological polar surface area (TPSA) is 111 Å². The third kappa shape index (κ3) is 5.11. The Balaban J connectivity index is 1.67. The number of halogens is 1. The molecule has 3 N–H and O–H groups in total. The fraction of sp³-hybridized carbons (Fsp3) is 0.684. The second kappa shape index (κ2) is 9.34. The fourth-order valence-corrected chi connectivity index (χ4v) is 4.05. The van der Waals surface area contributed by atoms with Gasteiger partial charge in [-0.05, 0) is 32.6 Å². The summed E-state index contributed by atoms with van der Waals surface area (Å²) in [5.74, 6) is -0.764. The molecule has 1 aliphatic carbocycles. The highest BCUT2D eigenvalue weighted by atomic mass is 19.1. The Labute approximate surface area is 169 Å². The number of rotatable bonds is 9. The van der Waals surface area contributed by atoms with Gasteiger partial charge in [-0.1, -0.05) is 25.7 Å². The van der Waals surface area contributed by atoms with Crippen LogP contribution < -0.4 is 15.8 Å². The standard InChI is InChI=1S/C19H29FN6O3/c1-12-7-8-26(12)18-16(20)17(21-13(2)22-18)23-24-19(28)15(10-25(29)11-27)9-14-5-3-4-6-14/h11-12,14-15,29H,3-10H2,1-2H3,(H,24,28)(H,21,22,23)/t12?,15-/m0/s1. The van der Waals surface area contributed by atoms with Crippen LogP contribution in [-0.4, -0.2) is 51.7 Å². The molecule has 2 heterocycles. The first kappa shape index (κ1) is 21.2. The number of hydrogen-bond acceptors (Lipinski definition) is 7. The van der Waals surface area contributed by atoms with Crippen molar-refractivity contribution in [1.29, 1.82) is 0 Å². The maximum absolute atomic E-state index is 14.9. The first-order chi connectivity index (χ1) is 13.9. The summed E-state index contributed by atoms with van der Waals surface area (Å²) in [6.45, 7) is 4.27. The molecule has 9 nitrogen and oxygen atoms in total. The van der Waals surface area contributed by atoms with Gasteiger partial charge in [0.15, 0.2) is 11.6 Å². The number of hydroxylamine groups is 2. The molecular formula is C19H29FN6O3. The normalized spacial score (nSPS) is 20.1. The van der Waals surface area contributed by atoms with Crippen molar-refractivity contribution in [2.45, 2.75) is 58.4 Å². The number of nitrogens with zero attached hydrogens (tertiary/aromatic N) is 4. The fourth-order valence-electron chi connectivity index (χ4n) is 4.05. The summed E-state index contributed by atoms with van der Waals surface area (Å²) in [6, 6.07) is 0.205. The Morgan fingerprint density at radius 1 is 1.38 bits per heavy atom. The van der Waals surface area contributed by atoms with Crippen molar-refractivity contribution in [2.24, 2.45) is 11.8 Å². The van der Waals surface area contributed by atoms with Gasteiger partial charge in [-0.3, -0.25) is 25.6 Å². The van der Waals surface area contributed by atoms with Crippen molar-refractivity contribution in [3.8, 4) is 0 Å². The summed E-state index contributed by atoms with van der Waals surface area (Å²) >= 11 is 0. The van der Waals surface area contributed by atoms with Gasteiger partial charge in [0.2, 0.25) is 18.1 Å². The van der Waals surface area contributed by atoms with Crippen LogP contribution in [-0.2, 0) is 9.59 Å². The second-order valence-corrected chi connectivity index (χ2v) is 8.01. The lowest BCUT2D eigenvalue weighted by atomic mass is 9.92. The summed E-state index contributed by atoms with van der Waals surface area (Å²) < 4.78 is 14.9. The summed E-state index contributed by atoms with van der Waals surface area (Å²) in [4.78, 5) is 33.6. The van der Waals surface area contributed by atoms with Crippen molar-refractivity contribution in [2.75, 3.05) is 23.4 Å². The Morgan fingerprint density at radius 3 is 2.69 bits per heavy atom. The molecule has 0 bridgehead atoms. The van der Waals surface area contributed by atoms with Gasteiger partial charge in [0.1, 0.15) is 5.82 Å². The molecule has 0 spiro atoms. The number of nitrogens with one attached hydrogen (secondary N) is 2. The van der Waals surface area contributed by atoms with E-state index in [9.17, 15) is 19.2 Å². The van der Waals surface area contributed by atoms with Gasteiger partial charge in [0.05, 0.1) is 12.5 Å². The zero-order valence-corrected chi connectivity index (χ0v) is 16.9. The van der Waals surface area contributed by atoms with Crippen LogP contribution in [0.1, 0.15) is 51.3 Å². The molecule has 2 atom stereocenters. The number of carbonyl (C=O) groups is 2. The van der Waals surface area contributed by atoms with Gasteiger partial charge in [-0.25, -0.2) is 15.0 Å². The van der Waals surface area contributed by atoms with E-state index in [1.54, 1.807) is 6.92 Å². The minimum Gasteiger partial charge on any atom is -0.351 e. The van der Waals surface area contributed by atoms with E-state index in [1.165, 1.54) is 0 Å². The minimum atomic E-state index is -0.619. The molecule has 1 aromatic rings. The van der Waals surface area contributed by atoms with E-state index in [2.05, 4.69) is 20.8 Å². The Kier molecular flexibility index (Phi) is 6.83. The number of carbonyl (C=O) groups excluding carboxylic acids is 2. The van der Waals surface area contributed by atoms with Crippen LogP contribution in [0.25, 0.3) is 0 Å². The summed E-state index contributed by atoms with van der Waals surface area (Å²) in [6.07, 6.45) is 6.10. The Morgan fingerprint density at radius 2 is 2.10 bits per heavy atom. The molecule has 1 saturated heterocycles. The van der Waals surface area contributed by atoms with E-state index in [4.69, 9.17) is 0 Å². The van der Waals surface area contributed by atoms with Crippen molar-refractivity contribution in [3.63, 3.8) is 0 Å². The maximum atomic E-state index is 14.9. The zero-order valence-electron chi connectivity index (χ0n) is 16.9. The van der Waals surface area contributed by atoms with E-state index in [-0.39, 0.29) is 30.6 Å².